The Labute approximate surface area is 179 Å². The highest BCUT2D eigenvalue weighted by atomic mass is 79.9. The van der Waals surface area contributed by atoms with Crippen LogP contribution in [0, 0.1) is 6.92 Å². The van der Waals surface area contributed by atoms with Gasteiger partial charge < -0.3 is 9.47 Å². The van der Waals surface area contributed by atoms with Gasteiger partial charge in [0, 0.05) is 4.47 Å². The predicted octanol–water partition coefficient (Wildman–Crippen LogP) is 4.91. The fourth-order valence-electron chi connectivity index (χ4n) is 2.73. The van der Waals surface area contributed by atoms with Gasteiger partial charge in [-0.15, -0.1) is 0 Å². The first-order chi connectivity index (χ1) is 13.4. The summed E-state index contributed by atoms with van der Waals surface area (Å²) in [5, 5.41) is 4.86. The third-order valence-corrected chi connectivity index (χ3v) is 5.00. The molecule has 8 heteroatoms. The lowest BCUT2D eigenvalue weighted by atomic mass is 10.2. The van der Waals surface area contributed by atoms with Crippen LogP contribution < -0.4 is 15.0 Å². The highest BCUT2D eigenvalue weighted by Crippen LogP contribution is 2.36. The number of rotatable bonds is 6. The molecule has 0 fully saturated rings. The van der Waals surface area contributed by atoms with Gasteiger partial charge in [0.15, 0.2) is 11.5 Å². The minimum absolute atomic E-state index is 0.227. The van der Waals surface area contributed by atoms with Gasteiger partial charge in [0.25, 0.3) is 5.56 Å². The Morgan fingerprint density at radius 1 is 1.14 bits per heavy atom. The fourth-order valence-corrected chi connectivity index (χ4v) is 3.67. The Bertz CT molecular complexity index is 1110. The van der Waals surface area contributed by atoms with Crippen molar-refractivity contribution >= 4 is 49.0 Å². The second-order valence-electron chi connectivity index (χ2n) is 5.88. The van der Waals surface area contributed by atoms with Gasteiger partial charge in [-0.05, 0) is 72.6 Å². The van der Waals surface area contributed by atoms with Gasteiger partial charge in [0.2, 0.25) is 0 Å². The molecule has 1 aromatic heterocycles. The maximum atomic E-state index is 12.8. The summed E-state index contributed by atoms with van der Waals surface area (Å²) in [6.45, 7) is 6.61. The van der Waals surface area contributed by atoms with Gasteiger partial charge in [-0.1, -0.05) is 15.9 Å². The number of benzene rings is 2. The third-order valence-electron chi connectivity index (χ3n) is 3.91. The minimum atomic E-state index is -0.227. The number of nitrogens with zero attached hydrogens (tertiary/aromatic N) is 3. The molecule has 0 N–H and O–H groups in total. The summed E-state index contributed by atoms with van der Waals surface area (Å²) in [6, 6.07) is 9.10. The molecular formula is C20H19Br2N3O3. The number of aromatic nitrogens is 2. The average molecular weight is 509 g/mol. The zero-order valence-corrected chi connectivity index (χ0v) is 18.9. The Kier molecular flexibility index (Phi) is 6.51. The lowest BCUT2D eigenvalue weighted by Crippen LogP contribution is -2.20. The van der Waals surface area contributed by atoms with E-state index in [4.69, 9.17) is 9.47 Å². The molecule has 0 aliphatic rings. The van der Waals surface area contributed by atoms with Crippen molar-refractivity contribution in [1.29, 1.82) is 0 Å². The summed E-state index contributed by atoms with van der Waals surface area (Å²) in [5.41, 5.74) is 1.18. The molecule has 1 heterocycles. The zero-order valence-electron chi connectivity index (χ0n) is 15.7. The van der Waals surface area contributed by atoms with Crippen LogP contribution in [0.15, 0.2) is 49.2 Å². The SMILES string of the molecule is CCOc1cc(C=Nn2c(C)nc3ccc(Br)cc3c2=O)cc(Br)c1OCC. The maximum Gasteiger partial charge on any atom is 0.282 e. The van der Waals surface area contributed by atoms with E-state index in [-0.39, 0.29) is 5.56 Å². The molecule has 3 aromatic rings. The average Bonchev–Trinajstić information content (AvgIpc) is 2.65. The summed E-state index contributed by atoms with van der Waals surface area (Å²) in [7, 11) is 0. The van der Waals surface area contributed by atoms with Crippen LogP contribution in [0.2, 0.25) is 0 Å². The van der Waals surface area contributed by atoms with Crippen LogP contribution in [0.5, 0.6) is 11.5 Å². The minimum Gasteiger partial charge on any atom is -0.490 e. The molecule has 0 radical (unpaired) electrons. The van der Waals surface area contributed by atoms with Gasteiger partial charge in [-0.25, -0.2) is 4.98 Å². The lowest BCUT2D eigenvalue weighted by Gasteiger charge is -2.13. The molecule has 0 aliphatic heterocycles. The number of ether oxygens (including phenoxy) is 2. The van der Waals surface area contributed by atoms with Gasteiger partial charge >= 0.3 is 0 Å². The van der Waals surface area contributed by atoms with E-state index in [1.54, 1.807) is 25.3 Å². The molecule has 146 valence electrons. The number of hydrogen-bond donors (Lipinski definition) is 0. The largest absolute Gasteiger partial charge is 0.490 e. The summed E-state index contributed by atoms with van der Waals surface area (Å²) in [5.74, 6) is 1.77. The number of hydrogen-bond acceptors (Lipinski definition) is 5. The Hall–Kier alpha value is -2.19. The lowest BCUT2D eigenvalue weighted by molar-refractivity contribution is 0.286. The molecule has 28 heavy (non-hydrogen) atoms. The molecule has 2 aromatic carbocycles. The van der Waals surface area contributed by atoms with Gasteiger partial charge in [-0.2, -0.15) is 9.78 Å². The van der Waals surface area contributed by atoms with Crippen molar-refractivity contribution in [3.8, 4) is 11.5 Å². The van der Waals surface area contributed by atoms with Crippen molar-refractivity contribution in [2.45, 2.75) is 20.8 Å². The Morgan fingerprint density at radius 3 is 2.61 bits per heavy atom. The summed E-state index contributed by atoms with van der Waals surface area (Å²) < 4.78 is 14.2. The number of aryl methyl sites for hydroxylation is 1. The molecule has 0 amide bonds. The van der Waals surface area contributed by atoms with Gasteiger partial charge in [-0.3, -0.25) is 4.79 Å². The van der Waals surface area contributed by atoms with Crippen LogP contribution in [0.3, 0.4) is 0 Å². The number of fused-ring (bicyclic) bond motifs is 1. The van der Waals surface area contributed by atoms with Gasteiger partial charge in [0.05, 0.1) is 34.8 Å². The van der Waals surface area contributed by atoms with E-state index in [1.807, 2.05) is 32.0 Å². The predicted molar refractivity (Wildman–Crippen MR) is 118 cm³/mol. The molecule has 0 atom stereocenters. The van der Waals surface area contributed by atoms with Crippen LogP contribution in [0.4, 0.5) is 0 Å². The molecule has 0 saturated carbocycles. The molecule has 3 rings (SSSR count). The molecule has 0 aliphatic carbocycles. The van der Waals surface area contributed by atoms with Crippen molar-refractivity contribution in [2.75, 3.05) is 13.2 Å². The van der Waals surface area contributed by atoms with Crippen molar-refractivity contribution in [1.82, 2.24) is 9.66 Å². The molecule has 0 unspecified atom stereocenters. The van der Waals surface area contributed by atoms with E-state index in [2.05, 4.69) is 41.9 Å². The van der Waals surface area contributed by atoms with E-state index in [0.29, 0.717) is 41.4 Å². The van der Waals surface area contributed by atoms with Crippen LogP contribution in [-0.4, -0.2) is 29.1 Å². The quantitative estimate of drug-likeness (QED) is 0.444. The Morgan fingerprint density at radius 2 is 1.89 bits per heavy atom. The monoisotopic (exact) mass is 507 g/mol. The maximum absolute atomic E-state index is 12.8. The Balaban J connectivity index is 2.05. The molecule has 0 bridgehead atoms. The summed E-state index contributed by atoms with van der Waals surface area (Å²) in [4.78, 5) is 17.3. The first-order valence-electron chi connectivity index (χ1n) is 8.77. The summed E-state index contributed by atoms with van der Waals surface area (Å²) >= 11 is 6.90. The summed E-state index contributed by atoms with van der Waals surface area (Å²) in [6.07, 6.45) is 1.60. The normalized spacial score (nSPS) is 11.3. The molecular weight excluding hydrogens is 490 g/mol. The van der Waals surface area contributed by atoms with Crippen LogP contribution in [0.25, 0.3) is 10.9 Å². The van der Waals surface area contributed by atoms with E-state index >= 15 is 0 Å². The fraction of sp³-hybridized carbons (Fsp3) is 0.250. The zero-order chi connectivity index (χ0) is 20.3. The van der Waals surface area contributed by atoms with Crippen molar-refractivity contribution in [3.05, 3.63) is 61.0 Å². The molecule has 0 saturated heterocycles. The molecule has 6 nitrogen and oxygen atoms in total. The van der Waals surface area contributed by atoms with Crippen LogP contribution in [-0.2, 0) is 0 Å². The second kappa shape index (κ2) is 8.87. The van der Waals surface area contributed by atoms with Crippen LogP contribution in [0.1, 0.15) is 25.2 Å². The topological polar surface area (TPSA) is 65.7 Å². The highest BCUT2D eigenvalue weighted by molar-refractivity contribution is 9.10. The van der Waals surface area contributed by atoms with Crippen molar-refractivity contribution in [3.63, 3.8) is 0 Å². The van der Waals surface area contributed by atoms with Gasteiger partial charge in [0.1, 0.15) is 5.82 Å². The standard InChI is InChI=1S/C20H19Br2N3O3/c1-4-27-18-9-13(8-16(22)19(18)28-5-2)11-23-25-12(3)24-17-7-6-14(21)10-15(17)20(25)26/h6-11H,4-5H2,1-3H3. The highest BCUT2D eigenvalue weighted by Gasteiger charge is 2.12. The van der Waals surface area contributed by atoms with Crippen molar-refractivity contribution in [2.24, 2.45) is 5.10 Å². The van der Waals surface area contributed by atoms with Crippen molar-refractivity contribution < 1.29 is 9.47 Å². The van der Waals surface area contributed by atoms with E-state index in [1.165, 1.54) is 4.68 Å². The smallest absolute Gasteiger partial charge is 0.282 e. The van der Waals surface area contributed by atoms with E-state index in [0.717, 1.165) is 14.5 Å². The first kappa shape index (κ1) is 20.5. The van der Waals surface area contributed by atoms with E-state index in [9.17, 15) is 4.79 Å². The first-order valence-corrected chi connectivity index (χ1v) is 10.4. The third kappa shape index (κ3) is 4.28. The van der Waals surface area contributed by atoms with Crippen LogP contribution >= 0.6 is 31.9 Å². The molecule has 0 spiro atoms. The number of halogens is 2. The van der Waals surface area contributed by atoms with E-state index < -0.39 is 0 Å². The second-order valence-corrected chi connectivity index (χ2v) is 7.65.